The van der Waals surface area contributed by atoms with Gasteiger partial charge in [-0.3, -0.25) is 0 Å². The van der Waals surface area contributed by atoms with Crippen molar-refractivity contribution in [3.8, 4) is 0 Å². The van der Waals surface area contributed by atoms with Gasteiger partial charge in [-0.25, -0.2) is 4.98 Å². The first-order valence-electron chi connectivity index (χ1n) is 4.13. The number of halogens is 1. The van der Waals surface area contributed by atoms with Gasteiger partial charge in [0.1, 0.15) is 5.15 Å². The van der Waals surface area contributed by atoms with Crippen LogP contribution in [0.5, 0.6) is 0 Å². The van der Waals surface area contributed by atoms with E-state index in [1.54, 1.807) is 0 Å². The lowest BCUT2D eigenvalue weighted by atomic mass is 10.3. The lowest BCUT2D eigenvalue weighted by Gasteiger charge is -2.08. The Hall–Kier alpha value is -0.640. The summed E-state index contributed by atoms with van der Waals surface area (Å²) in [5, 5.41) is 0.511. The fraction of sp³-hybridized carbons (Fsp3) is 0.444. The Labute approximate surface area is 81.6 Å². The molecule has 0 radical (unpaired) electrons. The molecule has 1 aliphatic heterocycles. The summed E-state index contributed by atoms with van der Waals surface area (Å²) in [7, 11) is 0. The first-order chi connectivity index (χ1) is 6.27. The molecule has 1 aromatic rings. The van der Waals surface area contributed by atoms with E-state index in [0.717, 1.165) is 11.3 Å². The number of rotatable bonds is 1. The number of hydrogen-bond acceptors (Lipinski definition) is 3. The average Bonchev–Trinajstić information content (AvgIpc) is 2.62. The highest BCUT2D eigenvalue weighted by Crippen LogP contribution is 2.23. The van der Waals surface area contributed by atoms with Crippen molar-refractivity contribution in [2.24, 2.45) is 0 Å². The van der Waals surface area contributed by atoms with Crippen LogP contribution in [0.3, 0.4) is 0 Å². The van der Waals surface area contributed by atoms with E-state index >= 15 is 0 Å². The monoisotopic (exact) mass is 199 g/mol. The number of aromatic nitrogens is 1. The Morgan fingerprint density at radius 1 is 1.38 bits per heavy atom. The van der Waals surface area contributed by atoms with Crippen molar-refractivity contribution in [3.63, 3.8) is 0 Å². The predicted molar refractivity (Wildman–Crippen MR) is 48.6 cm³/mol. The number of aryl methyl sites for hydroxylation is 1. The zero-order valence-corrected chi connectivity index (χ0v) is 8.04. The van der Waals surface area contributed by atoms with Gasteiger partial charge in [-0.1, -0.05) is 17.7 Å². The smallest absolute Gasteiger partial charge is 0.201 e. The maximum absolute atomic E-state index is 5.87. The molecule has 0 bridgehead atoms. The summed E-state index contributed by atoms with van der Waals surface area (Å²) in [5.41, 5.74) is 1.71. The molecule has 0 N–H and O–H groups in total. The lowest BCUT2D eigenvalue weighted by Crippen LogP contribution is -2.01. The van der Waals surface area contributed by atoms with Gasteiger partial charge >= 0.3 is 0 Å². The van der Waals surface area contributed by atoms with Crippen LogP contribution in [-0.4, -0.2) is 18.2 Å². The normalized spacial score (nSPS) is 18.0. The maximum atomic E-state index is 5.87. The minimum absolute atomic E-state index is 0.335. The van der Waals surface area contributed by atoms with E-state index in [0.29, 0.717) is 18.4 Å². The van der Waals surface area contributed by atoms with Crippen LogP contribution in [0.25, 0.3) is 0 Å². The predicted octanol–water partition coefficient (Wildman–Crippen LogP) is 2.09. The number of pyridine rings is 1. The fourth-order valence-corrected chi connectivity index (χ4v) is 1.34. The SMILES string of the molecule is Cc1ccc(C2OCCO2)nc1Cl. The third-order valence-corrected chi connectivity index (χ3v) is 2.30. The second kappa shape index (κ2) is 3.62. The number of nitrogens with zero attached hydrogens (tertiary/aromatic N) is 1. The van der Waals surface area contributed by atoms with Gasteiger partial charge in [0.25, 0.3) is 0 Å². The van der Waals surface area contributed by atoms with Crippen molar-refractivity contribution in [2.75, 3.05) is 13.2 Å². The molecular weight excluding hydrogens is 190 g/mol. The summed E-state index contributed by atoms with van der Waals surface area (Å²) in [4.78, 5) is 4.17. The summed E-state index contributed by atoms with van der Waals surface area (Å²) in [6.07, 6.45) is -0.335. The van der Waals surface area contributed by atoms with E-state index in [1.807, 2.05) is 19.1 Å². The summed E-state index contributed by atoms with van der Waals surface area (Å²) in [5.74, 6) is 0. The third-order valence-electron chi connectivity index (χ3n) is 1.92. The van der Waals surface area contributed by atoms with Crippen LogP contribution in [0.2, 0.25) is 5.15 Å². The molecule has 0 atom stereocenters. The van der Waals surface area contributed by atoms with Gasteiger partial charge < -0.3 is 9.47 Å². The molecule has 0 aliphatic carbocycles. The highest BCUT2D eigenvalue weighted by atomic mass is 35.5. The van der Waals surface area contributed by atoms with Crippen LogP contribution in [0, 0.1) is 6.92 Å². The highest BCUT2D eigenvalue weighted by Gasteiger charge is 2.19. The number of hydrogen-bond donors (Lipinski definition) is 0. The molecule has 1 aliphatic rings. The molecule has 4 heteroatoms. The average molecular weight is 200 g/mol. The highest BCUT2D eigenvalue weighted by molar-refractivity contribution is 6.30. The van der Waals surface area contributed by atoms with E-state index in [9.17, 15) is 0 Å². The van der Waals surface area contributed by atoms with Gasteiger partial charge in [0, 0.05) is 0 Å². The Bertz CT molecular complexity index is 310. The third kappa shape index (κ3) is 1.82. The molecule has 70 valence electrons. The Kier molecular flexibility index (Phi) is 2.49. The second-order valence-corrected chi connectivity index (χ2v) is 3.28. The lowest BCUT2D eigenvalue weighted by molar-refractivity contribution is -0.0472. The molecule has 0 amide bonds. The van der Waals surface area contributed by atoms with E-state index in [4.69, 9.17) is 21.1 Å². The standard InChI is InChI=1S/C9H10ClNO2/c1-6-2-3-7(11-8(6)10)9-12-4-5-13-9/h2-3,9H,4-5H2,1H3. The molecule has 2 rings (SSSR count). The van der Waals surface area contributed by atoms with Gasteiger partial charge in [0.15, 0.2) is 0 Å². The molecular formula is C9H10ClNO2. The second-order valence-electron chi connectivity index (χ2n) is 2.92. The quantitative estimate of drug-likeness (QED) is 0.649. The van der Waals surface area contributed by atoms with Crippen molar-refractivity contribution in [3.05, 3.63) is 28.5 Å². The molecule has 0 unspecified atom stereocenters. The van der Waals surface area contributed by atoms with Gasteiger partial charge in [-0.15, -0.1) is 0 Å². The van der Waals surface area contributed by atoms with Crippen LogP contribution in [0.1, 0.15) is 17.5 Å². The van der Waals surface area contributed by atoms with Crippen molar-refractivity contribution in [1.82, 2.24) is 4.98 Å². The van der Waals surface area contributed by atoms with Crippen molar-refractivity contribution < 1.29 is 9.47 Å². The fourth-order valence-electron chi connectivity index (χ4n) is 1.18. The van der Waals surface area contributed by atoms with Crippen molar-refractivity contribution >= 4 is 11.6 Å². The van der Waals surface area contributed by atoms with E-state index in [-0.39, 0.29) is 6.29 Å². The van der Waals surface area contributed by atoms with Gasteiger partial charge in [-0.2, -0.15) is 0 Å². The van der Waals surface area contributed by atoms with Crippen LogP contribution in [0.4, 0.5) is 0 Å². The van der Waals surface area contributed by atoms with Crippen LogP contribution >= 0.6 is 11.6 Å². The molecule has 3 nitrogen and oxygen atoms in total. The van der Waals surface area contributed by atoms with Crippen LogP contribution < -0.4 is 0 Å². The Balaban J connectivity index is 2.25. The zero-order valence-electron chi connectivity index (χ0n) is 7.29. The molecule has 1 aromatic heterocycles. The Morgan fingerprint density at radius 2 is 2.08 bits per heavy atom. The molecule has 0 spiro atoms. The topological polar surface area (TPSA) is 31.4 Å². The van der Waals surface area contributed by atoms with Crippen molar-refractivity contribution in [1.29, 1.82) is 0 Å². The van der Waals surface area contributed by atoms with E-state index in [1.165, 1.54) is 0 Å². The summed E-state index contributed by atoms with van der Waals surface area (Å²) in [6, 6.07) is 3.78. The van der Waals surface area contributed by atoms with Gasteiger partial charge in [0.05, 0.1) is 18.9 Å². The van der Waals surface area contributed by atoms with E-state index < -0.39 is 0 Å². The number of ether oxygens (including phenoxy) is 2. The summed E-state index contributed by atoms with van der Waals surface area (Å²) in [6.45, 7) is 3.16. The summed E-state index contributed by atoms with van der Waals surface area (Å²) < 4.78 is 10.6. The zero-order chi connectivity index (χ0) is 9.26. The minimum atomic E-state index is -0.335. The molecule has 13 heavy (non-hydrogen) atoms. The van der Waals surface area contributed by atoms with Gasteiger partial charge in [0.2, 0.25) is 6.29 Å². The molecule has 0 saturated carbocycles. The summed E-state index contributed by atoms with van der Waals surface area (Å²) >= 11 is 5.87. The van der Waals surface area contributed by atoms with Gasteiger partial charge in [-0.05, 0) is 18.6 Å². The first kappa shape index (κ1) is 8.94. The molecule has 1 saturated heterocycles. The van der Waals surface area contributed by atoms with Crippen molar-refractivity contribution in [2.45, 2.75) is 13.2 Å². The first-order valence-corrected chi connectivity index (χ1v) is 4.51. The maximum Gasteiger partial charge on any atom is 0.201 e. The van der Waals surface area contributed by atoms with Crippen LogP contribution in [-0.2, 0) is 9.47 Å². The molecule has 2 heterocycles. The molecule has 1 fully saturated rings. The largest absolute Gasteiger partial charge is 0.345 e. The molecule has 0 aromatic carbocycles. The minimum Gasteiger partial charge on any atom is -0.345 e. The van der Waals surface area contributed by atoms with E-state index in [2.05, 4.69) is 4.98 Å². The Morgan fingerprint density at radius 3 is 2.69 bits per heavy atom. The van der Waals surface area contributed by atoms with Crippen LogP contribution in [0.15, 0.2) is 12.1 Å².